The van der Waals surface area contributed by atoms with Crippen LogP contribution in [0.25, 0.3) is 10.8 Å². The second-order valence-corrected chi connectivity index (χ2v) is 8.25. The largest absolute Gasteiger partial charge is 0.508 e. The molecule has 5 heteroatoms. The van der Waals surface area contributed by atoms with Crippen molar-refractivity contribution in [2.45, 2.75) is 18.4 Å². The van der Waals surface area contributed by atoms with Gasteiger partial charge in [-0.1, -0.05) is 42.5 Å². The quantitative estimate of drug-likeness (QED) is 0.416. The van der Waals surface area contributed by atoms with E-state index < -0.39 is 0 Å². The highest BCUT2D eigenvalue weighted by atomic mass is 16.5. The number of methoxy groups -OCH3 is 1. The number of hydrogen-bond acceptors (Lipinski definition) is 4. The molecule has 1 aliphatic carbocycles. The maximum atomic E-state index is 12.5. The normalized spacial score (nSPS) is 21.4. The highest BCUT2D eigenvalue weighted by molar-refractivity contribution is 5.95. The molecule has 0 radical (unpaired) electrons. The Labute approximate surface area is 181 Å². The Balaban J connectivity index is 1.53. The predicted molar refractivity (Wildman–Crippen MR) is 123 cm³/mol. The van der Waals surface area contributed by atoms with Crippen molar-refractivity contribution in [2.24, 2.45) is 5.92 Å². The number of carbonyl (C=O) groups excluding carboxylic acids is 1. The third kappa shape index (κ3) is 3.45. The molecule has 0 spiro atoms. The molecular formula is C26H26N2O3. The number of hydrogen-bond donors (Lipinski definition) is 3. The molecular weight excluding hydrogens is 388 g/mol. The van der Waals surface area contributed by atoms with Crippen molar-refractivity contribution < 1.29 is 14.6 Å². The number of phenolic OH excluding ortho intramolecular Hbond substituents is 1. The van der Waals surface area contributed by atoms with Crippen LogP contribution < -0.4 is 10.6 Å². The number of nitrogens with one attached hydrogen (secondary N) is 2. The smallest absolute Gasteiger partial charge is 0.251 e. The number of rotatable bonds is 5. The Kier molecular flexibility index (Phi) is 5.12. The second kappa shape index (κ2) is 8.08. The van der Waals surface area contributed by atoms with Crippen molar-refractivity contribution in [3.05, 3.63) is 83.4 Å². The van der Waals surface area contributed by atoms with E-state index >= 15 is 0 Å². The van der Waals surface area contributed by atoms with Crippen molar-refractivity contribution in [2.75, 3.05) is 25.6 Å². The topological polar surface area (TPSA) is 70.6 Å². The van der Waals surface area contributed by atoms with E-state index in [4.69, 9.17) is 4.74 Å². The highest BCUT2D eigenvalue weighted by Crippen LogP contribution is 2.52. The Morgan fingerprint density at radius 2 is 2.06 bits per heavy atom. The standard InChI is InChI=1S/C26H26N2O3/c1-31-14-13-27-26(30)17-9-11-22-21(15-17)19-7-4-8-20(19)25(28-22)24-18-6-3-2-5-16(18)10-12-23(24)29/h2-7,9-12,15,19-20,25,28-29H,8,13-14H2,1H3,(H,27,30). The van der Waals surface area contributed by atoms with Gasteiger partial charge in [0, 0.05) is 36.4 Å². The molecule has 0 saturated heterocycles. The lowest BCUT2D eigenvalue weighted by atomic mass is 9.75. The maximum Gasteiger partial charge on any atom is 0.251 e. The van der Waals surface area contributed by atoms with Gasteiger partial charge >= 0.3 is 0 Å². The number of benzene rings is 3. The fourth-order valence-corrected chi connectivity index (χ4v) is 5.00. The van der Waals surface area contributed by atoms with Crippen LogP contribution in [0.1, 0.15) is 39.9 Å². The molecule has 3 N–H and O–H groups in total. The summed E-state index contributed by atoms with van der Waals surface area (Å²) in [5.74, 6) is 0.703. The van der Waals surface area contributed by atoms with E-state index in [1.807, 2.05) is 36.4 Å². The van der Waals surface area contributed by atoms with E-state index in [-0.39, 0.29) is 23.8 Å². The minimum atomic E-state index is -0.0906. The van der Waals surface area contributed by atoms with E-state index in [9.17, 15) is 9.90 Å². The highest BCUT2D eigenvalue weighted by Gasteiger charge is 2.39. The zero-order valence-corrected chi connectivity index (χ0v) is 17.5. The summed E-state index contributed by atoms with van der Waals surface area (Å²) in [5, 5.41) is 19.6. The second-order valence-electron chi connectivity index (χ2n) is 8.25. The SMILES string of the molecule is COCCNC(=O)c1ccc2c(c1)C1C=CCC1C(c1c(O)ccc3ccccc13)N2. The number of aromatic hydroxyl groups is 1. The van der Waals surface area contributed by atoms with E-state index in [1.54, 1.807) is 13.2 Å². The average molecular weight is 415 g/mol. The number of phenols is 1. The molecule has 158 valence electrons. The lowest BCUT2D eigenvalue weighted by Gasteiger charge is -2.38. The van der Waals surface area contributed by atoms with Crippen LogP contribution in [0.15, 0.2) is 66.7 Å². The predicted octanol–water partition coefficient (Wildman–Crippen LogP) is 4.75. The van der Waals surface area contributed by atoms with Crippen molar-refractivity contribution in [3.63, 3.8) is 0 Å². The Hall–Kier alpha value is -3.31. The Morgan fingerprint density at radius 1 is 1.19 bits per heavy atom. The molecule has 0 saturated carbocycles. The number of ether oxygens (including phenoxy) is 1. The summed E-state index contributed by atoms with van der Waals surface area (Å²) in [7, 11) is 1.62. The molecule has 1 heterocycles. The Bertz CT molecular complexity index is 1170. The van der Waals surface area contributed by atoms with E-state index in [0.29, 0.717) is 24.5 Å². The molecule has 3 aromatic carbocycles. The first-order valence-electron chi connectivity index (χ1n) is 10.7. The molecule has 1 aliphatic heterocycles. The van der Waals surface area contributed by atoms with Gasteiger partial charge in [-0.15, -0.1) is 0 Å². The average Bonchev–Trinajstić information content (AvgIpc) is 3.29. The summed E-state index contributed by atoms with van der Waals surface area (Å²) < 4.78 is 5.02. The number of fused-ring (bicyclic) bond motifs is 4. The first-order valence-corrected chi connectivity index (χ1v) is 10.7. The first kappa shape index (κ1) is 19.6. The van der Waals surface area contributed by atoms with Crippen LogP contribution in [0.4, 0.5) is 5.69 Å². The van der Waals surface area contributed by atoms with Crippen molar-refractivity contribution in [3.8, 4) is 5.75 Å². The van der Waals surface area contributed by atoms with Gasteiger partial charge in [0.25, 0.3) is 5.91 Å². The van der Waals surface area contributed by atoms with Crippen molar-refractivity contribution >= 4 is 22.4 Å². The summed E-state index contributed by atoms with van der Waals surface area (Å²) in [6.45, 7) is 0.973. The molecule has 2 aliphatic rings. The van der Waals surface area contributed by atoms with Crippen LogP contribution >= 0.6 is 0 Å². The van der Waals surface area contributed by atoms with E-state index in [1.165, 1.54) is 0 Å². The van der Waals surface area contributed by atoms with Gasteiger partial charge in [-0.2, -0.15) is 0 Å². The van der Waals surface area contributed by atoms with Gasteiger partial charge in [-0.05, 0) is 52.9 Å². The minimum absolute atomic E-state index is 0.0139. The monoisotopic (exact) mass is 414 g/mol. The van der Waals surface area contributed by atoms with Crippen LogP contribution in [0, 0.1) is 5.92 Å². The van der Waals surface area contributed by atoms with Gasteiger partial charge in [0.05, 0.1) is 12.6 Å². The number of carbonyl (C=O) groups is 1. The van der Waals surface area contributed by atoms with E-state index in [2.05, 4.69) is 34.9 Å². The number of allylic oxidation sites excluding steroid dienone is 2. The number of anilines is 1. The third-order valence-corrected chi connectivity index (χ3v) is 6.48. The fourth-order valence-electron chi connectivity index (χ4n) is 5.00. The van der Waals surface area contributed by atoms with E-state index in [0.717, 1.165) is 34.0 Å². The molecule has 3 atom stereocenters. The lowest BCUT2D eigenvalue weighted by Crippen LogP contribution is -2.30. The van der Waals surface area contributed by atoms with Crippen molar-refractivity contribution in [1.82, 2.24) is 5.32 Å². The zero-order valence-electron chi connectivity index (χ0n) is 17.5. The molecule has 5 nitrogen and oxygen atoms in total. The summed E-state index contributed by atoms with van der Waals surface area (Å²) in [4.78, 5) is 12.5. The fraction of sp³-hybridized carbons (Fsp3) is 0.269. The van der Waals surface area contributed by atoms with Gasteiger partial charge in [-0.3, -0.25) is 4.79 Å². The summed E-state index contributed by atoms with van der Waals surface area (Å²) in [5.41, 5.74) is 3.75. The Morgan fingerprint density at radius 3 is 2.94 bits per heavy atom. The summed E-state index contributed by atoms with van der Waals surface area (Å²) in [6.07, 6.45) is 5.38. The molecule has 0 aromatic heterocycles. The molecule has 3 unspecified atom stereocenters. The van der Waals surface area contributed by atoms with Crippen LogP contribution in [0.2, 0.25) is 0 Å². The molecule has 31 heavy (non-hydrogen) atoms. The lowest BCUT2D eigenvalue weighted by molar-refractivity contribution is 0.0937. The minimum Gasteiger partial charge on any atom is -0.508 e. The van der Waals surface area contributed by atoms with Gasteiger partial charge < -0.3 is 20.5 Å². The molecule has 5 rings (SSSR count). The van der Waals surface area contributed by atoms with Crippen LogP contribution in [-0.2, 0) is 4.74 Å². The molecule has 0 bridgehead atoms. The molecule has 3 aromatic rings. The summed E-state index contributed by atoms with van der Waals surface area (Å²) >= 11 is 0. The van der Waals surface area contributed by atoms with Gasteiger partial charge in [0.1, 0.15) is 5.75 Å². The third-order valence-electron chi connectivity index (χ3n) is 6.48. The zero-order chi connectivity index (χ0) is 21.4. The van der Waals surface area contributed by atoms with Crippen molar-refractivity contribution in [1.29, 1.82) is 0 Å². The van der Waals surface area contributed by atoms with Gasteiger partial charge in [-0.25, -0.2) is 0 Å². The van der Waals surface area contributed by atoms with Crippen LogP contribution in [0.3, 0.4) is 0 Å². The first-order chi connectivity index (χ1) is 15.2. The van der Waals surface area contributed by atoms with Crippen LogP contribution in [-0.4, -0.2) is 31.3 Å². The number of amides is 1. The molecule has 1 amide bonds. The van der Waals surface area contributed by atoms with Gasteiger partial charge in [0.2, 0.25) is 0 Å². The maximum absolute atomic E-state index is 12.5. The summed E-state index contributed by atoms with van der Waals surface area (Å²) in [6, 6.07) is 17.8. The van der Waals surface area contributed by atoms with Gasteiger partial charge in [0.15, 0.2) is 0 Å². The molecule has 0 fully saturated rings. The van der Waals surface area contributed by atoms with Crippen LogP contribution in [0.5, 0.6) is 5.75 Å².